The van der Waals surface area contributed by atoms with Gasteiger partial charge in [-0.25, -0.2) is 13.1 Å². The third-order valence-electron chi connectivity index (χ3n) is 6.89. The van der Waals surface area contributed by atoms with Crippen molar-refractivity contribution in [2.24, 2.45) is 0 Å². The first kappa shape index (κ1) is 25.5. The molecule has 2 heterocycles. The van der Waals surface area contributed by atoms with Crippen LogP contribution in [0, 0.1) is 0 Å². The van der Waals surface area contributed by atoms with Crippen molar-refractivity contribution in [3.8, 4) is 5.75 Å². The molecule has 0 atom stereocenters. The van der Waals surface area contributed by atoms with Gasteiger partial charge in [-0.05, 0) is 49.7 Å². The smallest absolute Gasteiger partial charge is 0.240 e. The second-order valence-corrected chi connectivity index (χ2v) is 11.1. The summed E-state index contributed by atoms with van der Waals surface area (Å²) in [4.78, 5) is 20.1. The van der Waals surface area contributed by atoms with Crippen LogP contribution in [-0.4, -0.2) is 77.6 Å². The van der Waals surface area contributed by atoms with Crippen molar-refractivity contribution in [2.45, 2.75) is 37.6 Å². The van der Waals surface area contributed by atoms with E-state index in [0.717, 1.165) is 50.3 Å². The molecule has 0 aromatic heterocycles. The highest BCUT2D eigenvalue weighted by Crippen LogP contribution is 2.36. The molecule has 2 aliphatic rings. The van der Waals surface area contributed by atoms with Crippen LogP contribution < -0.4 is 14.4 Å². The molecule has 35 heavy (non-hydrogen) atoms. The van der Waals surface area contributed by atoms with E-state index in [1.807, 2.05) is 11.8 Å². The van der Waals surface area contributed by atoms with Gasteiger partial charge in [-0.1, -0.05) is 19.1 Å². The fraction of sp³-hybridized carbons (Fsp3) is 0.500. The predicted octanol–water partition coefficient (Wildman–Crippen LogP) is 2.26. The topological polar surface area (TPSA) is 82.2 Å². The van der Waals surface area contributed by atoms with Gasteiger partial charge in [-0.2, -0.15) is 0 Å². The van der Waals surface area contributed by atoms with Gasteiger partial charge in [0, 0.05) is 62.6 Å². The van der Waals surface area contributed by atoms with Gasteiger partial charge in [-0.3, -0.25) is 4.79 Å². The van der Waals surface area contributed by atoms with Crippen LogP contribution in [0.25, 0.3) is 0 Å². The highest BCUT2D eigenvalue weighted by Gasteiger charge is 2.28. The Balaban J connectivity index is 1.48. The van der Waals surface area contributed by atoms with E-state index < -0.39 is 10.0 Å². The number of rotatable bonds is 8. The number of hydrogen-bond acceptors (Lipinski definition) is 6. The molecule has 9 heteroatoms. The number of sulfonamides is 1. The standard InChI is InChI=1S/C26H36N4O4S/c1-4-12-27-35(32,33)21-7-5-20(6-8-21)18-26(31)30-13-11-22-23(19-30)24(9-10-25(22)34-3)29-16-14-28(2)15-17-29/h5-10,27H,4,11-19H2,1-3H3. The minimum absolute atomic E-state index is 0.0440. The van der Waals surface area contributed by atoms with Crippen molar-refractivity contribution in [1.29, 1.82) is 0 Å². The molecular weight excluding hydrogens is 464 g/mol. The molecule has 0 bridgehead atoms. The van der Waals surface area contributed by atoms with Crippen LogP contribution in [0.15, 0.2) is 41.3 Å². The van der Waals surface area contributed by atoms with Crippen molar-refractivity contribution < 1.29 is 17.9 Å². The summed E-state index contributed by atoms with van der Waals surface area (Å²) in [6.45, 7) is 7.48. The Bertz CT molecular complexity index is 1140. The van der Waals surface area contributed by atoms with Crippen molar-refractivity contribution in [2.75, 3.05) is 58.3 Å². The number of amides is 1. The van der Waals surface area contributed by atoms with Crippen LogP contribution >= 0.6 is 0 Å². The predicted molar refractivity (Wildman–Crippen MR) is 137 cm³/mol. The second-order valence-electron chi connectivity index (χ2n) is 9.32. The maximum Gasteiger partial charge on any atom is 0.240 e. The summed E-state index contributed by atoms with van der Waals surface area (Å²) in [5, 5.41) is 0. The van der Waals surface area contributed by atoms with Gasteiger partial charge in [0.2, 0.25) is 15.9 Å². The van der Waals surface area contributed by atoms with Gasteiger partial charge in [0.25, 0.3) is 0 Å². The molecule has 1 N–H and O–H groups in total. The Morgan fingerprint density at radius 2 is 1.71 bits per heavy atom. The van der Waals surface area contributed by atoms with Gasteiger partial charge in [0.15, 0.2) is 0 Å². The summed E-state index contributed by atoms with van der Waals surface area (Å²) in [5.41, 5.74) is 4.37. The van der Waals surface area contributed by atoms with Gasteiger partial charge in [0.05, 0.1) is 18.4 Å². The van der Waals surface area contributed by atoms with E-state index in [1.54, 1.807) is 31.4 Å². The molecule has 1 saturated heterocycles. The van der Waals surface area contributed by atoms with Crippen molar-refractivity contribution >= 4 is 21.6 Å². The van der Waals surface area contributed by atoms with E-state index in [9.17, 15) is 13.2 Å². The monoisotopic (exact) mass is 500 g/mol. The molecule has 1 fully saturated rings. The molecule has 2 aromatic rings. The molecule has 2 aromatic carbocycles. The lowest BCUT2D eigenvalue weighted by molar-refractivity contribution is -0.131. The maximum absolute atomic E-state index is 13.2. The fourth-order valence-electron chi connectivity index (χ4n) is 4.77. The van der Waals surface area contributed by atoms with E-state index >= 15 is 0 Å². The molecule has 0 spiro atoms. The molecule has 190 valence electrons. The SMILES string of the molecule is CCCNS(=O)(=O)c1ccc(CC(=O)N2CCc3c(OC)ccc(N4CCN(C)CC4)c3C2)cc1. The van der Waals surface area contributed by atoms with Crippen LogP contribution in [0.2, 0.25) is 0 Å². The van der Waals surface area contributed by atoms with Crippen LogP contribution in [-0.2, 0) is 34.2 Å². The minimum Gasteiger partial charge on any atom is -0.496 e. The number of carbonyl (C=O) groups excluding carboxylic acids is 1. The minimum atomic E-state index is -3.51. The number of benzene rings is 2. The van der Waals surface area contributed by atoms with Crippen LogP contribution in [0.3, 0.4) is 0 Å². The number of ether oxygens (including phenoxy) is 1. The zero-order valence-corrected chi connectivity index (χ0v) is 21.7. The van der Waals surface area contributed by atoms with Gasteiger partial charge < -0.3 is 19.4 Å². The number of piperazine rings is 1. The van der Waals surface area contributed by atoms with Crippen LogP contribution in [0.5, 0.6) is 5.75 Å². The highest BCUT2D eigenvalue weighted by atomic mass is 32.2. The molecule has 0 unspecified atom stereocenters. The number of carbonyl (C=O) groups is 1. The van der Waals surface area contributed by atoms with E-state index in [4.69, 9.17) is 4.74 Å². The molecule has 2 aliphatic heterocycles. The number of nitrogens with zero attached hydrogens (tertiary/aromatic N) is 3. The van der Waals surface area contributed by atoms with Crippen molar-refractivity contribution in [1.82, 2.24) is 14.5 Å². The maximum atomic E-state index is 13.2. The molecular formula is C26H36N4O4S. The lowest BCUT2D eigenvalue weighted by Crippen LogP contribution is -2.45. The first-order valence-electron chi connectivity index (χ1n) is 12.3. The normalized spacial score (nSPS) is 16.8. The van der Waals surface area contributed by atoms with E-state index in [-0.39, 0.29) is 17.2 Å². The summed E-state index contributed by atoms with van der Waals surface area (Å²) < 4.78 is 32.8. The first-order chi connectivity index (χ1) is 16.8. The second kappa shape index (κ2) is 11.0. The van der Waals surface area contributed by atoms with Crippen LogP contribution in [0.1, 0.15) is 30.0 Å². The lowest BCUT2D eigenvalue weighted by Gasteiger charge is -2.38. The quantitative estimate of drug-likeness (QED) is 0.599. The number of hydrogen-bond donors (Lipinski definition) is 1. The van der Waals surface area contributed by atoms with Crippen molar-refractivity contribution in [3.63, 3.8) is 0 Å². The summed E-state index contributed by atoms with van der Waals surface area (Å²) >= 11 is 0. The zero-order valence-electron chi connectivity index (χ0n) is 20.9. The van der Waals surface area contributed by atoms with Gasteiger partial charge in [0.1, 0.15) is 5.75 Å². The molecule has 0 radical (unpaired) electrons. The average molecular weight is 501 g/mol. The highest BCUT2D eigenvalue weighted by molar-refractivity contribution is 7.89. The molecule has 4 rings (SSSR count). The Hall–Kier alpha value is -2.62. The van der Waals surface area contributed by atoms with E-state index in [2.05, 4.69) is 33.7 Å². The number of likely N-dealkylation sites (N-methyl/N-ethyl adjacent to an activating group) is 1. The Morgan fingerprint density at radius 3 is 2.37 bits per heavy atom. The largest absolute Gasteiger partial charge is 0.496 e. The summed E-state index contributed by atoms with van der Waals surface area (Å²) in [6.07, 6.45) is 1.73. The fourth-order valence-corrected chi connectivity index (χ4v) is 5.90. The third-order valence-corrected chi connectivity index (χ3v) is 8.37. The van der Waals surface area contributed by atoms with Crippen molar-refractivity contribution in [3.05, 3.63) is 53.1 Å². The first-order valence-corrected chi connectivity index (χ1v) is 13.8. The van der Waals surface area contributed by atoms with Crippen LogP contribution in [0.4, 0.5) is 5.69 Å². The number of fused-ring (bicyclic) bond motifs is 1. The van der Waals surface area contributed by atoms with E-state index in [1.165, 1.54) is 16.8 Å². The summed E-state index contributed by atoms with van der Waals surface area (Å²) in [5.74, 6) is 0.931. The number of methoxy groups -OCH3 is 1. The van der Waals surface area contributed by atoms with Gasteiger partial charge >= 0.3 is 0 Å². The average Bonchev–Trinajstić information content (AvgIpc) is 2.87. The molecule has 0 saturated carbocycles. The summed E-state index contributed by atoms with van der Waals surface area (Å²) in [7, 11) is 0.330. The Labute approximate surface area is 208 Å². The van der Waals surface area contributed by atoms with E-state index in [0.29, 0.717) is 19.6 Å². The third kappa shape index (κ3) is 5.79. The zero-order chi connectivity index (χ0) is 25.0. The molecule has 8 nitrogen and oxygen atoms in total. The van der Waals surface area contributed by atoms with Gasteiger partial charge in [-0.15, -0.1) is 0 Å². The Kier molecular flexibility index (Phi) is 7.98. The lowest BCUT2D eigenvalue weighted by atomic mass is 9.95. The number of anilines is 1. The molecule has 0 aliphatic carbocycles. The Morgan fingerprint density at radius 1 is 1.00 bits per heavy atom. The molecule has 1 amide bonds. The summed E-state index contributed by atoms with van der Waals surface area (Å²) in [6, 6.07) is 10.8. The number of nitrogens with one attached hydrogen (secondary N) is 1.